The molecule has 2 nitrogen and oxygen atoms in total. The van der Waals surface area contributed by atoms with Crippen LogP contribution in [0.2, 0.25) is 0 Å². The molecule has 0 aromatic rings. The highest BCUT2D eigenvalue weighted by atomic mass is 15.1. The summed E-state index contributed by atoms with van der Waals surface area (Å²) in [6.07, 6.45) is 5.38. The fraction of sp³-hybridized carbons (Fsp3) is 1.00. The third-order valence-electron chi connectivity index (χ3n) is 4.46. The van der Waals surface area contributed by atoms with Gasteiger partial charge in [-0.15, -0.1) is 0 Å². The van der Waals surface area contributed by atoms with Crippen molar-refractivity contribution in [2.45, 2.75) is 65.5 Å². The Morgan fingerprint density at radius 1 is 1.44 bits per heavy atom. The average Bonchev–Trinajstić information content (AvgIpc) is 2.57. The summed E-state index contributed by atoms with van der Waals surface area (Å²) in [7, 11) is 2.23. The lowest BCUT2D eigenvalue weighted by molar-refractivity contribution is 0.229. The number of nitrogens with one attached hydrogen (secondary N) is 1. The number of hydrogen-bond donors (Lipinski definition) is 1. The van der Waals surface area contributed by atoms with Crippen LogP contribution in [0.3, 0.4) is 0 Å². The van der Waals surface area contributed by atoms with Gasteiger partial charge in [0.25, 0.3) is 0 Å². The molecule has 1 fully saturated rings. The van der Waals surface area contributed by atoms with Gasteiger partial charge in [0.1, 0.15) is 0 Å². The molecule has 1 saturated carbocycles. The van der Waals surface area contributed by atoms with Gasteiger partial charge in [-0.25, -0.2) is 0 Å². The lowest BCUT2D eigenvalue weighted by Crippen LogP contribution is -2.42. The molecule has 1 rings (SSSR count). The minimum Gasteiger partial charge on any atom is -0.312 e. The van der Waals surface area contributed by atoms with Gasteiger partial charge in [-0.3, -0.25) is 0 Å². The van der Waals surface area contributed by atoms with E-state index < -0.39 is 0 Å². The van der Waals surface area contributed by atoms with Crippen LogP contribution in [0.15, 0.2) is 0 Å². The topological polar surface area (TPSA) is 15.3 Å². The van der Waals surface area contributed by atoms with E-state index in [1.165, 1.54) is 32.2 Å². The number of nitrogens with zero attached hydrogens (tertiary/aromatic N) is 1. The zero-order valence-electron chi connectivity index (χ0n) is 11.8. The maximum absolute atomic E-state index is 3.74. The van der Waals surface area contributed by atoms with Crippen LogP contribution in [-0.4, -0.2) is 37.1 Å². The Hall–Kier alpha value is -0.0800. The Balaban J connectivity index is 2.20. The summed E-state index contributed by atoms with van der Waals surface area (Å²) in [5.41, 5.74) is 0.509. The fourth-order valence-electron chi connectivity index (χ4n) is 2.65. The first-order valence-electron chi connectivity index (χ1n) is 6.91. The number of rotatable bonds is 6. The van der Waals surface area contributed by atoms with Gasteiger partial charge in [0.2, 0.25) is 0 Å². The van der Waals surface area contributed by atoms with Crippen LogP contribution < -0.4 is 5.32 Å². The molecule has 1 aliphatic carbocycles. The highest BCUT2D eigenvalue weighted by Crippen LogP contribution is 2.36. The molecule has 0 radical (unpaired) electrons. The second kappa shape index (κ2) is 6.02. The summed E-state index contributed by atoms with van der Waals surface area (Å²) in [6.45, 7) is 11.7. The van der Waals surface area contributed by atoms with Crippen LogP contribution in [-0.2, 0) is 0 Å². The molecule has 2 heteroatoms. The Labute approximate surface area is 102 Å². The van der Waals surface area contributed by atoms with Gasteiger partial charge in [0.05, 0.1) is 0 Å². The summed E-state index contributed by atoms with van der Waals surface area (Å²) in [5, 5.41) is 3.74. The second-order valence-corrected chi connectivity index (χ2v) is 6.13. The Bertz CT molecular complexity index is 201. The maximum atomic E-state index is 3.74. The molecule has 1 aliphatic rings. The summed E-state index contributed by atoms with van der Waals surface area (Å²) in [5.74, 6) is 0. The van der Waals surface area contributed by atoms with Crippen LogP contribution in [0.4, 0.5) is 0 Å². The van der Waals surface area contributed by atoms with E-state index in [1.54, 1.807) is 0 Å². The molecule has 0 aliphatic heterocycles. The van der Waals surface area contributed by atoms with Crippen molar-refractivity contribution < 1.29 is 0 Å². The largest absolute Gasteiger partial charge is 0.312 e. The molecular formula is C14H30N2. The molecular weight excluding hydrogens is 196 g/mol. The SMILES string of the molecule is CCC(C)N(C)CCNC1CCCC1(C)C. The molecule has 1 N–H and O–H groups in total. The molecule has 0 bridgehead atoms. The van der Waals surface area contributed by atoms with Crippen LogP contribution >= 0.6 is 0 Å². The van der Waals surface area contributed by atoms with Crippen LogP contribution in [0.5, 0.6) is 0 Å². The smallest absolute Gasteiger partial charge is 0.0119 e. The highest BCUT2D eigenvalue weighted by molar-refractivity contribution is 4.90. The van der Waals surface area contributed by atoms with Crippen molar-refractivity contribution in [1.29, 1.82) is 0 Å². The lowest BCUT2D eigenvalue weighted by atomic mass is 9.87. The molecule has 0 aromatic carbocycles. The van der Waals surface area contributed by atoms with Crippen molar-refractivity contribution in [3.8, 4) is 0 Å². The van der Waals surface area contributed by atoms with E-state index in [4.69, 9.17) is 0 Å². The molecule has 0 aromatic heterocycles. The number of likely N-dealkylation sites (N-methyl/N-ethyl adjacent to an activating group) is 1. The molecule has 0 spiro atoms. The molecule has 16 heavy (non-hydrogen) atoms. The highest BCUT2D eigenvalue weighted by Gasteiger charge is 2.33. The third-order valence-corrected chi connectivity index (χ3v) is 4.46. The quantitative estimate of drug-likeness (QED) is 0.749. The second-order valence-electron chi connectivity index (χ2n) is 6.13. The van der Waals surface area contributed by atoms with Crippen molar-refractivity contribution >= 4 is 0 Å². The van der Waals surface area contributed by atoms with E-state index >= 15 is 0 Å². The van der Waals surface area contributed by atoms with Crippen LogP contribution in [0.25, 0.3) is 0 Å². The van der Waals surface area contributed by atoms with E-state index in [2.05, 4.69) is 45.0 Å². The van der Waals surface area contributed by atoms with Gasteiger partial charge in [-0.05, 0) is 38.6 Å². The average molecular weight is 226 g/mol. The van der Waals surface area contributed by atoms with Crippen LogP contribution in [0.1, 0.15) is 53.4 Å². The molecule has 0 amide bonds. The third kappa shape index (κ3) is 3.74. The molecule has 2 atom stereocenters. The van der Waals surface area contributed by atoms with E-state index in [0.717, 1.165) is 12.6 Å². The number of hydrogen-bond acceptors (Lipinski definition) is 2. The van der Waals surface area contributed by atoms with Gasteiger partial charge in [0.15, 0.2) is 0 Å². The van der Waals surface area contributed by atoms with Gasteiger partial charge in [-0.1, -0.05) is 27.2 Å². The zero-order valence-corrected chi connectivity index (χ0v) is 11.8. The van der Waals surface area contributed by atoms with E-state index in [0.29, 0.717) is 11.5 Å². The zero-order chi connectivity index (χ0) is 12.2. The van der Waals surface area contributed by atoms with Gasteiger partial charge < -0.3 is 10.2 Å². The van der Waals surface area contributed by atoms with Crippen molar-refractivity contribution in [3.63, 3.8) is 0 Å². The molecule has 0 heterocycles. The molecule has 2 unspecified atom stereocenters. The first-order valence-corrected chi connectivity index (χ1v) is 6.91. The van der Waals surface area contributed by atoms with Gasteiger partial charge in [0, 0.05) is 25.2 Å². The van der Waals surface area contributed by atoms with E-state index in [9.17, 15) is 0 Å². The normalized spacial score (nSPS) is 26.2. The molecule has 0 saturated heterocycles. The summed E-state index contributed by atoms with van der Waals surface area (Å²) in [4.78, 5) is 2.45. The monoisotopic (exact) mass is 226 g/mol. The standard InChI is InChI=1S/C14H30N2/c1-6-12(2)16(5)11-10-15-13-8-7-9-14(13,3)4/h12-13,15H,6-11H2,1-5H3. The van der Waals surface area contributed by atoms with E-state index in [1.807, 2.05) is 0 Å². The van der Waals surface area contributed by atoms with E-state index in [-0.39, 0.29) is 0 Å². The van der Waals surface area contributed by atoms with Gasteiger partial charge in [-0.2, -0.15) is 0 Å². The minimum atomic E-state index is 0.509. The summed E-state index contributed by atoms with van der Waals surface area (Å²) >= 11 is 0. The van der Waals surface area contributed by atoms with Crippen molar-refractivity contribution in [1.82, 2.24) is 10.2 Å². The van der Waals surface area contributed by atoms with Gasteiger partial charge >= 0.3 is 0 Å². The minimum absolute atomic E-state index is 0.509. The first kappa shape index (κ1) is 14.0. The lowest BCUT2D eigenvalue weighted by Gasteiger charge is -2.30. The maximum Gasteiger partial charge on any atom is 0.0119 e. The Kier molecular flexibility index (Phi) is 5.26. The first-order chi connectivity index (χ1) is 7.47. The van der Waals surface area contributed by atoms with Crippen molar-refractivity contribution in [2.24, 2.45) is 5.41 Å². The summed E-state index contributed by atoms with van der Waals surface area (Å²) in [6, 6.07) is 1.44. The fourth-order valence-corrected chi connectivity index (χ4v) is 2.65. The van der Waals surface area contributed by atoms with Crippen molar-refractivity contribution in [2.75, 3.05) is 20.1 Å². The predicted octanol–water partition coefficient (Wildman–Crippen LogP) is 2.89. The van der Waals surface area contributed by atoms with Crippen molar-refractivity contribution in [3.05, 3.63) is 0 Å². The summed E-state index contributed by atoms with van der Waals surface area (Å²) < 4.78 is 0. The Morgan fingerprint density at radius 3 is 2.62 bits per heavy atom. The molecule has 96 valence electrons. The predicted molar refractivity (Wildman–Crippen MR) is 71.8 cm³/mol. The Morgan fingerprint density at radius 2 is 2.12 bits per heavy atom. The van der Waals surface area contributed by atoms with Crippen LogP contribution in [0, 0.1) is 5.41 Å².